The number of ketones is 1. The summed E-state index contributed by atoms with van der Waals surface area (Å²) >= 11 is 0. The Morgan fingerprint density at radius 1 is 1.29 bits per heavy atom. The number of carbonyl (C=O) groups is 1. The van der Waals surface area contributed by atoms with Crippen LogP contribution in [0.25, 0.3) is 0 Å². The number of hydrogen-bond acceptors (Lipinski definition) is 5. The van der Waals surface area contributed by atoms with Crippen LogP contribution in [0.3, 0.4) is 0 Å². The maximum Gasteiger partial charge on any atom is 0.135 e. The lowest BCUT2D eigenvalue weighted by atomic mass is 10.1. The van der Waals surface area contributed by atoms with E-state index in [4.69, 9.17) is 15.9 Å². The van der Waals surface area contributed by atoms with Crippen LogP contribution in [-0.4, -0.2) is 35.3 Å². The number of carbonyl (C=O) groups excluding carboxylic acids is 1. The van der Waals surface area contributed by atoms with Gasteiger partial charge in [-0.15, -0.1) is 0 Å². The summed E-state index contributed by atoms with van der Waals surface area (Å²) in [5.74, 6) is 0.0126. The fraction of sp³-hybridized carbons (Fsp3) is 0.889. The molecule has 0 amide bonds. The zero-order chi connectivity index (χ0) is 10.1. The van der Waals surface area contributed by atoms with E-state index in [-0.39, 0.29) is 25.0 Å². The van der Waals surface area contributed by atoms with E-state index in [0.717, 1.165) is 19.3 Å². The number of unbranched alkanes of at least 4 members (excludes halogenated alkanes) is 2. The van der Waals surface area contributed by atoms with Gasteiger partial charge in [0.25, 0.3) is 0 Å². The highest BCUT2D eigenvalue weighted by molar-refractivity contribution is 5.78. The molecule has 5 nitrogen and oxygen atoms in total. The van der Waals surface area contributed by atoms with E-state index >= 15 is 0 Å². The molecule has 0 saturated carbocycles. The third kappa shape index (κ3) is 9.60. The van der Waals surface area contributed by atoms with Gasteiger partial charge < -0.3 is 22.1 Å². The van der Waals surface area contributed by atoms with Crippen LogP contribution in [0.2, 0.25) is 0 Å². The van der Waals surface area contributed by atoms with Gasteiger partial charge in [0.2, 0.25) is 0 Å². The second kappa shape index (κ2) is 10.6. The molecular formula is C9H22N2O3. The van der Waals surface area contributed by atoms with Crippen LogP contribution < -0.4 is 11.9 Å². The zero-order valence-electron chi connectivity index (χ0n) is 8.61. The Morgan fingerprint density at radius 3 is 2.43 bits per heavy atom. The number of rotatable bonds is 8. The van der Waals surface area contributed by atoms with Crippen molar-refractivity contribution in [1.29, 1.82) is 0 Å². The summed E-state index contributed by atoms with van der Waals surface area (Å²) in [6, 6.07) is 0. The molecule has 0 aromatic heterocycles. The second-order valence-corrected chi connectivity index (χ2v) is 3.18. The first-order valence-electron chi connectivity index (χ1n) is 4.71. The molecule has 0 rings (SSSR count). The third-order valence-electron chi connectivity index (χ3n) is 1.83. The van der Waals surface area contributed by atoms with Gasteiger partial charge in [-0.1, -0.05) is 6.42 Å². The number of Topliss-reactive ketones (excluding diaryl/α,β-unsaturated/α-hetero) is 1. The molecule has 86 valence electrons. The van der Waals surface area contributed by atoms with E-state index in [1.165, 1.54) is 0 Å². The largest absolute Gasteiger partial charge is 0.394 e. The molecular weight excluding hydrogens is 184 g/mol. The van der Waals surface area contributed by atoms with Gasteiger partial charge in [-0.25, -0.2) is 0 Å². The van der Waals surface area contributed by atoms with Crippen molar-refractivity contribution in [2.45, 2.75) is 38.2 Å². The highest BCUT2D eigenvalue weighted by Crippen LogP contribution is 2.03. The Bertz CT molecular complexity index is 142. The Morgan fingerprint density at radius 2 is 1.93 bits per heavy atom. The molecule has 0 aliphatic rings. The SMILES string of the molecule is N.NCCCCCC(=O)CC(O)CO. The Hall–Kier alpha value is -0.490. The fourth-order valence-corrected chi connectivity index (χ4v) is 1.07. The van der Waals surface area contributed by atoms with Crippen molar-refractivity contribution in [2.75, 3.05) is 13.2 Å². The van der Waals surface area contributed by atoms with Crippen molar-refractivity contribution < 1.29 is 15.0 Å². The Balaban J connectivity index is 0. The number of nitrogens with two attached hydrogens (primary N) is 1. The van der Waals surface area contributed by atoms with Crippen LogP contribution in [0, 0.1) is 0 Å². The van der Waals surface area contributed by atoms with Gasteiger partial charge in [-0.3, -0.25) is 4.79 Å². The van der Waals surface area contributed by atoms with Crippen molar-refractivity contribution in [2.24, 2.45) is 5.73 Å². The molecule has 0 spiro atoms. The van der Waals surface area contributed by atoms with Gasteiger partial charge in [0.1, 0.15) is 5.78 Å². The van der Waals surface area contributed by atoms with Crippen molar-refractivity contribution in [3.63, 3.8) is 0 Å². The number of aliphatic hydroxyl groups is 2. The van der Waals surface area contributed by atoms with Crippen LogP contribution in [-0.2, 0) is 4.79 Å². The smallest absolute Gasteiger partial charge is 0.135 e. The molecule has 7 N–H and O–H groups in total. The highest BCUT2D eigenvalue weighted by Gasteiger charge is 2.08. The third-order valence-corrected chi connectivity index (χ3v) is 1.83. The van der Waals surface area contributed by atoms with Crippen molar-refractivity contribution in [3.05, 3.63) is 0 Å². The van der Waals surface area contributed by atoms with Crippen molar-refractivity contribution in [3.8, 4) is 0 Å². The summed E-state index contributed by atoms with van der Waals surface area (Å²) < 4.78 is 0. The minimum atomic E-state index is -0.887. The predicted octanol–water partition coefficient (Wildman–Crippen LogP) is -0.0201. The summed E-state index contributed by atoms with van der Waals surface area (Å²) in [4.78, 5) is 11.1. The minimum absolute atomic E-state index is 0. The molecule has 0 bridgehead atoms. The molecule has 0 aliphatic carbocycles. The molecule has 14 heavy (non-hydrogen) atoms. The van der Waals surface area contributed by atoms with Gasteiger partial charge in [0, 0.05) is 12.8 Å². The van der Waals surface area contributed by atoms with Crippen molar-refractivity contribution >= 4 is 5.78 Å². The Kier molecular flexibility index (Phi) is 12.1. The molecule has 0 aromatic rings. The van der Waals surface area contributed by atoms with Crippen LogP contribution >= 0.6 is 0 Å². The molecule has 0 aromatic carbocycles. The molecule has 5 heteroatoms. The number of aliphatic hydroxyl groups excluding tert-OH is 2. The summed E-state index contributed by atoms with van der Waals surface area (Å²) in [6.45, 7) is 0.321. The van der Waals surface area contributed by atoms with E-state index in [1.54, 1.807) is 0 Å². The van der Waals surface area contributed by atoms with E-state index in [2.05, 4.69) is 0 Å². The quantitative estimate of drug-likeness (QED) is 0.416. The molecule has 1 atom stereocenters. The maximum absolute atomic E-state index is 11.1. The summed E-state index contributed by atoms with van der Waals surface area (Å²) in [6.07, 6.45) is 2.39. The van der Waals surface area contributed by atoms with Crippen LogP contribution in [0.1, 0.15) is 32.1 Å². The Labute approximate surface area is 84.9 Å². The maximum atomic E-state index is 11.1. The van der Waals surface area contributed by atoms with Crippen LogP contribution in [0.4, 0.5) is 0 Å². The fourth-order valence-electron chi connectivity index (χ4n) is 1.07. The highest BCUT2D eigenvalue weighted by atomic mass is 16.3. The van der Waals surface area contributed by atoms with Gasteiger partial charge in [-0.2, -0.15) is 0 Å². The van der Waals surface area contributed by atoms with Crippen LogP contribution in [0.5, 0.6) is 0 Å². The van der Waals surface area contributed by atoms with Crippen LogP contribution in [0.15, 0.2) is 0 Å². The topological polar surface area (TPSA) is 119 Å². The summed E-state index contributed by atoms with van der Waals surface area (Å²) in [7, 11) is 0. The normalized spacial score (nSPS) is 11.9. The monoisotopic (exact) mass is 206 g/mol. The van der Waals surface area contributed by atoms with Gasteiger partial charge in [0.05, 0.1) is 12.7 Å². The van der Waals surface area contributed by atoms with Crippen molar-refractivity contribution in [1.82, 2.24) is 6.15 Å². The van der Waals surface area contributed by atoms with E-state index in [0.29, 0.717) is 13.0 Å². The van der Waals surface area contributed by atoms with Gasteiger partial charge in [0.15, 0.2) is 0 Å². The second-order valence-electron chi connectivity index (χ2n) is 3.18. The van der Waals surface area contributed by atoms with E-state index in [9.17, 15) is 4.79 Å². The summed E-state index contributed by atoms with van der Waals surface area (Å²) in [5.41, 5.74) is 5.29. The average Bonchev–Trinajstić information content (AvgIpc) is 2.12. The van der Waals surface area contributed by atoms with E-state index < -0.39 is 6.10 Å². The minimum Gasteiger partial charge on any atom is -0.394 e. The summed E-state index contributed by atoms with van der Waals surface area (Å²) in [5, 5.41) is 17.4. The lowest BCUT2D eigenvalue weighted by Crippen LogP contribution is -2.17. The molecule has 0 fully saturated rings. The van der Waals surface area contributed by atoms with E-state index in [1.807, 2.05) is 0 Å². The van der Waals surface area contributed by atoms with Gasteiger partial charge >= 0.3 is 0 Å². The molecule has 0 heterocycles. The standard InChI is InChI=1S/C9H19NO3.H3N/c10-5-3-1-2-4-8(12)6-9(13)7-11;/h9,11,13H,1-7,10H2;1H3. The lowest BCUT2D eigenvalue weighted by molar-refractivity contribution is -0.121. The first-order valence-corrected chi connectivity index (χ1v) is 4.71. The first kappa shape index (κ1) is 16.0. The van der Waals surface area contributed by atoms with Gasteiger partial charge in [-0.05, 0) is 19.4 Å². The molecule has 0 radical (unpaired) electrons. The molecule has 0 saturated heterocycles. The number of hydrogen-bond donors (Lipinski definition) is 4. The molecule has 0 aliphatic heterocycles. The average molecular weight is 206 g/mol. The zero-order valence-corrected chi connectivity index (χ0v) is 8.61. The molecule has 1 unspecified atom stereocenters. The predicted molar refractivity (Wildman–Crippen MR) is 55.3 cm³/mol. The lowest BCUT2D eigenvalue weighted by Gasteiger charge is -2.05. The first-order chi connectivity index (χ1) is 6.20.